The van der Waals surface area contributed by atoms with Gasteiger partial charge in [0.05, 0.1) is 32.3 Å². The lowest BCUT2D eigenvalue weighted by molar-refractivity contribution is -0.146. The quantitative estimate of drug-likeness (QED) is 0.707. The van der Waals surface area contributed by atoms with E-state index in [1.165, 1.54) is 20.0 Å². The number of carbonyl (C=O) groups excluding carboxylic acids is 1. The number of methoxy groups -OCH3 is 1. The Morgan fingerprint density at radius 1 is 1.44 bits per heavy atom. The molecule has 0 bridgehead atoms. The Morgan fingerprint density at radius 2 is 2.28 bits per heavy atom. The predicted molar refractivity (Wildman–Crippen MR) is 66.1 cm³/mol. The fraction of sp³-hybridized carbons (Fsp3) is 0.923. The van der Waals surface area contributed by atoms with E-state index in [-0.39, 0.29) is 24.8 Å². The summed E-state index contributed by atoms with van der Waals surface area (Å²) in [4.78, 5) is 13.6. The Bertz CT molecular complexity index is 284. The second kappa shape index (κ2) is 6.50. The van der Waals surface area contributed by atoms with Gasteiger partial charge in [-0.05, 0) is 25.9 Å². The van der Waals surface area contributed by atoms with Gasteiger partial charge in [0.25, 0.3) is 0 Å². The number of rotatable bonds is 4. The van der Waals surface area contributed by atoms with Gasteiger partial charge >= 0.3 is 5.97 Å². The number of likely N-dealkylation sites (N-methyl/N-ethyl adjacent to an activating group) is 1. The van der Waals surface area contributed by atoms with Crippen LogP contribution in [0.3, 0.4) is 0 Å². The van der Waals surface area contributed by atoms with Crippen molar-refractivity contribution in [3.63, 3.8) is 0 Å². The lowest BCUT2D eigenvalue weighted by Crippen LogP contribution is -2.47. The molecule has 0 aromatic heterocycles. The molecule has 2 aliphatic heterocycles. The van der Waals surface area contributed by atoms with Crippen molar-refractivity contribution in [1.82, 2.24) is 4.90 Å². The summed E-state index contributed by atoms with van der Waals surface area (Å²) in [6, 6.07) is 0.339. The zero-order valence-corrected chi connectivity index (χ0v) is 11.3. The van der Waals surface area contributed by atoms with Crippen molar-refractivity contribution in [3.05, 3.63) is 0 Å². The average Bonchev–Trinajstić information content (AvgIpc) is 2.86. The van der Waals surface area contributed by atoms with Crippen LogP contribution in [0.2, 0.25) is 0 Å². The minimum absolute atomic E-state index is 0.150. The number of esters is 1. The van der Waals surface area contributed by atoms with Crippen LogP contribution in [0, 0.1) is 0 Å². The van der Waals surface area contributed by atoms with Crippen molar-refractivity contribution in [2.75, 3.05) is 26.8 Å². The van der Waals surface area contributed by atoms with Gasteiger partial charge in [0, 0.05) is 0 Å². The van der Waals surface area contributed by atoms with Crippen LogP contribution >= 0.6 is 0 Å². The number of nitrogens with zero attached hydrogens (tertiary/aromatic N) is 1. The maximum absolute atomic E-state index is 11.2. The van der Waals surface area contributed by atoms with E-state index in [9.17, 15) is 4.79 Å². The van der Waals surface area contributed by atoms with E-state index < -0.39 is 0 Å². The largest absolute Gasteiger partial charge is 0.469 e. The van der Waals surface area contributed by atoms with E-state index in [2.05, 4.69) is 16.6 Å². The fourth-order valence-corrected chi connectivity index (χ4v) is 2.77. The number of carbonyl (C=O) groups is 1. The van der Waals surface area contributed by atoms with Crippen molar-refractivity contribution in [2.45, 2.75) is 51.0 Å². The molecule has 0 spiro atoms. The summed E-state index contributed by atoms with van der Waals surface area (Å²) < 4.78 is 16.2. The van der Waals surface area contributed by atoms with Crippen molar-refractivity contribution in [1.29, 1.82) is 0 Å². The summed E-state index contributed by atoms with van der Waals surface area (Å²) in [6.45, 7) is 4.80. The molecule has 0 radical (unpaired) electrons. The van der Waals surface area contributed by atoms with E-state index in [0.717, 1.165) is 19.5 Å². The van der Waals surface area contributed by atoms with E-state index in [4.69, 9.17) is 9.47 Å². The first kappa shape index (κ1) is 13.8. The molecule has 0 amide bonds. The number of likely N-dealkylation sites (tertiary alicyclic amines) is 1. The van der Waals surface area contributed by atoms with Crippen LogP contribution < -0.4 is 0 Å². The molecule has 2 aliphatic rings. The van der Waals surface area contributed by atoms with Gasteiger partial charge in [-0.1, -0.05) is 13.3 Å². The van der Waals surface area contributed by atoms with Gasteiger partial charge in [0.2, 0.25) is 0 Å². The Morgan fingerprint density at radius 3 is 3.00 bits per heavy atom. The van der Waals surface area contributed by atoms with Gasteiger partial charge in [0.1, 0.15) is 0 Å². The van der Waals surface area contributed by atoms with Crippen LogP contribution in [0.4, 0.5) is 0 Å². The number of piperidine rings is 1. The van der Waals surface area contributed by atoms with E-state index in [0.29, 0.717) is 12.6 Å². The third-order valence-electron chi connectivity index (χ3n) is 3.78. The lowest BCUT2D eigenvalue weighted by atomic mass is 10.0. The van der Waals surface area contributed by atoms with Crippen LogP contribution in [0.25, 0.3) is 0 Å². The smallest absolute Gasteiger partial charge is 0.308 e. The summed E-state index contributed by atoms with van der Waals surface area (Å²) >= 11 is 0. The van der Waals surface area contributed by atoms with Crippen molar-refractivity contribution >= 4 is 5.97 Å². The van der Waals surface area contributed by atoms with Crippen LogP contribution in [0.5, 0.6) is 0 Å². The zero-order chi connectivity index (χ0) is 13.0. The van der Waals surface area contributed by atoms with Gasteiger partial charge in [-0.3, -0.25) is 9.69 Å². The number of ether oxygens (including phenoxy) is 3. The zero-order valence-electron chi connectivity index (χ0n) is 11.3. The van der Waals surface area contributed by atoms with E-state index in [1.807, 2.05) is 0 Å². The first-order chi connectivity index (χ1) is 8.74. The standard InChI is InChI=1S/C13H23NO4/c1-3-14-7-5-4-6-11(14)13-17-9-10(18-13)8-12(15)16-2/h10-11,13H,3-9H2,1-2H3. The predicted octanol–water partition coefficient (Wildman–Crippen LogP) is 1.17. The highest BCUT2D eigenvalue weighted by molar-refractivity contribution is 5.69. The van der Waals surface area contributed by atoms with Gasteiger partial charge in [-0.25, -0.2) is 0 Å². The Labute approximate surface area is 108 Å². The monoisotopic (exact) mass is 257 g/mol. The fourth-order valence-electron chi connectivity index (χ4n) is 2.77. The van der Waals surface area contributed by atoms with Gasteiger partial charge in [0.15, 0.2) is 6.29 Å². The maximum Gasteiger partial charge on any atom is 0.308 e. The minimum atomic E-state index is -0.236. The molecule has 0 aromatic carbocycles. The molecule has 18 heavy (non-hydrogen) atoms. The third kappa shape index (κ3) is 3.22. The van der Waals surface area contributed by atoms with Crippen molar-refractivity contribution in [3.8, 4) is 0 Å². The summed E-state index contributed by atoms with van der Waals surface area (Å²) in [5, 5.41) is 0. The molecule has 5 heteroatoms. The molecule has 0 aromatic rings. The van der Waals surface area contributed by atoms with Crippen LogP contribution in [0.15, 0.2) is 0 Å². The summed E-state index contributed by atoms with van der Waals surface area (Å²) in [5.74, 6) is -0.236. The molecule has 2 fully saturated rings. The summed E-state index contributed by atoms with van der Waals surface area (Å²) in [6.07, 6.45) is 3.55. The molecule has 2 heterocycles. The van der Waals surface area contributed by atoms with Crippen molar-refractivity contribution in [2.24, 2.45) is 0 Å². The molecule has 5 nitrogen and oxygen atoms in total. The second-order valence-electron chi connectivity index (χ2n) is 4.93. The highest BCUT2D eigenvalue weighted by Gasteiger charge is 2.37. The first-order valence-electron chi connectivity index (χ1n) is 6.82. The van der Waals surface area contributed by atoms with E-state index in [1.54, 1.807) is 0 Å². The maximum atomic E-state index is 11.2. The van der Waals surface area contributed by atoms with Gasteiger partial charge in [-0.2, -0.15) is 0 Å². The van der Waals surface area contributed by atoms with Crippen LogP contribution in [-0.2, 0) is 19.0 Å². The Balaban J connectivity index is 1.85. The van der Waals surface area contributed by atoms with Crippen LogP contribution in [-0.4, -0.2) is 56.1 Å². The van der Waals surface area contributed by atoms with Gasteiger partial charge < -0.3 is 14.2 Å². The van der Waals surface area contributed by atoms with E-state index >= 15 is 0 Å². The average molecular weight is 257 g/mol. The molecular weight excluding hydrogens is 234 g/mol. The highest BCUT2D eigenvalue weighted by atomic mass is 16.7. The molecule has 2 rings (SSSR count). The molecule has 0 saturated carbocycles. The van der Waals surface area contributed by atoms with Crippen LogP contribution in [0.1, 0.15) is 32.6 Å². The highest BCUT2D eigenvalue weighted by Crippen LogP contribution is 2.26. The molecule has 0 N–H and O–H groups in total. The molecule has 3 unspecified atom stereocenters. The summed E-state index contributed by atoms with van der Waals surface area (Å²) in [7, 11) is 1.40. The summed E-state index contributed by atoms with van der Waals surface area (Å²) in [5.41, 5.74) is 0. The third-order valence-corrected chi connectivity index (χ3v) is 3.78. The first-order valence-corrected chi connectivity index (χ1v) is 6.82. The molecule has 104 valence electrons. The van der Waals surface area contributed by atoms with Crippen molar-refractivity contribution < 1.29 is 19.0 Å². The molecule has 3 atom stereocenters. The second-order valence-corrected chi connectivity index (χ2v) is 4.93. The number of hydrogen-bond acceptors (Lipinski definition) is 5. The SMILES string of the molecule is CCN1CCCCC1C1OCC(CC(=O)OC)O1. The molecule has 0 aliphatic carbocycles. The molecular formula is C13H23NO4. The molecule has 2 saturated heterocycles. The minimum Gasteiger partial charge on any atom is -0.469 e. The lowest BCUT2D eigenvalue weighted by Gasteiger charge is -2.37. The normalized spacial score (nSPS) is 33.6. The number of hydrogen-bond donors (Lipinski definition) is 0. The Kier molecular flexibility index (Phi) is 4.97. The van der Waals surface area contributed by atoms with Gasteiger partial charge in [-0.15, -0.1) is 0 Å². The Hall–Kier alpha value is -0.650. The topological polar surface area (TPSA) is 48.0 Å².